The van der Waals surface area contributed by atoms with Crippen molar-refractivity contribution in [3.05, 3.63) is 24.3 Å². The van der Waals surface area contributed by atoms with Gasteiger partial charge in [0.05, 0.1) is 5.69 Å². The van der Waals surface area contributed by atoms with Crippen molar-refractivity contribution in [2.75, 3.05) is 4.90 Å². The van der Waals surface area contributed by atoms with E-state index >= 15 is 0 Å². The third-order valence-corrected chi connectivity index (χ3v) is 2.41. The number of anilines is 1. The molecule has 0 atom stereocenters. The van der Waals surface area contributed by atoms with E-state index in [1.807, 2.05) is 0 Å². The molecule has 0 bridgehead atoms. The molecule has 0 saturated heterocycles. The molecule has 1 aromatic carbocycles. The van der Waals surface area contributed by atoms with E-state index in [9.17, 15) is 22.8 Å². The van der Waals surface area contributed by atoms with Crippen LogP contribution in [-0.2, 0) is 9.59 Å². The molecular formula is C13H14F3NO3. The van der Waals surface area contributed by atoms with Crippen LogP contribution < -0.4 is 9.64 Å². The van der Waals surface area contributed by atoms with Crippen molar-refractivity contribution in [1.82, 2.24) is 0 Å². The van der Waals surface area contributed by atoms with Crippen LogP contribution in [0.25, 0.3) is 0 Å². The highest BCUT2D eigenvalue weighted by molar-refractivity contribution is 6.14. The summed E-state index contributed by atoms with van der Waals surface area (Å²) in [5, 5.41) is 0. The fourth-order valence-electron chi connectivity index (χ4n) is 1.56. The number of hydrogen-bond acceptors (Lipinski definition) is 3. The van der Waals surface area contributed by atoms with Crippen molar-refractivity contribution in [2.24, 2.45) is 0 Å². The fourth-order valence-corrected chi connectivity index (χ4v) is 1.56. The first-order valence-corrected chi connectivity index (χ1v) is 6.00. The van der Waals surface area contributed by atoms with Crippen molar-refractivity contribution in [1.29, 1.82) is 0 Å². The first-order valence-electron chi connectivity index (χ1n) is 6.00. The van der Waals surface area contributed by atoms with E-state index in [0.29, 0.717) is 0 Å². The van der Waals surface area contributed by atoms with Crippen LogP contribution in [0.1, 0.15) is 26.7 Å². The number of carbonyl (C=O) groups excluding carboxylic acids is 2. The zero-order valence-electron chi connectivity index (χ0n) is 11.0. The predicted octanol–water partition coefficient (Wildman–Crippen LogP) is 3.26. The van der Waals surface area contributed by atoms with Gasteiger partial charge in [0.2, 0.25) is 11.8 Å². The summed E-state index contributed by atoms with van der Waals surface area (Å²) in [5.74, 6) is -1.45. The maximum absolute atomic E-state index is 12.2. The van der Waals surface area contributed by atoms with Gasteiger partial charge in [0.1, 0.15) is 5.75 Å². The molecule has 1 aromatic rings. The summed E-state index contributed by atoms with van der Waals surface area (Å²) in [6.07, 6.45) is -4.70. The molecule has 0 saturated carbocycles. The molecule has 0 spiro atoms. The lowest BCUT2D eigenvalue weighted by Crippen LogP contribution is -2.36. The van der Waals surface area contributed by atoms with Crippen molar-refractivity contribution in [3.8, 4) is 5.75 Å². The van der Waals surface area contributed by atoms with Crippen LogP contribution in [-0.4, -0.2) is 18.2 Å². The molecule has 7 heteroatoms. The largest absolute Gasteiger partial charge is 0.573 e. The van der Waals surface area contributed by atoms with Gasteiger partial charge in [0.15, 0.2) is 0 Å². The van der Waals surface area contributed by atoms with Gasteiger partial charge in [-0.25, -0.2) is 0 Å². The van der Waals surface area contributed by atoms with Gasteiger partial charge in [0.25, 0.3) is 0 Å². The van der Waals surface area contributed by atoms with E-state index < -0.39 is 23.9 Å². The Kier molecular flexibility index (Phi) is 5.12. The minimum absolute atomic E-state index is 0.0606. The standard InChI is InChI=1S/C13H14F3NO3/c1-3-11(18)17(12(19)4-2)9-6-5-7-10(8-9)20-13(14,15)16/h5-8H,3-4H2,1-2H3. The van der Waals surface area contributed by atoms with E-state index in [2.05, 4.69) is 4.74 Å². The summed E-state index contributed by atoms with van der Waals surface area (Å²) in [5.41, 5.74) is 0.0606. The normalized spacial score (nSPS) is 11.1. The fraction of sp³-hybridized carbons (Fsp3) is 0.385. The number of hydrogen-bond donors (Lipinski definition) is 0. The second-order valence-electron chi connectivity index (χ2n) is 3.88. The van der Waals surface area contributed by atoms with Gasteiger partial charge < -0.3 is 4.74 Å². The van der Waals surface area contributed by atoms with Gasteiger partial charge in [0, 0.05) is 18.9 Å². The molecule has 1 rings (SSSR count). The highest BCUT2D eigenvalue weighted by Crippen LogP contribution is 2.27. The lowest BCUT2D eigenvalue weighted by molar-refractivity contribution is -0.274. The third kappa shape index (κ3) is 4.25. The van der Waals surface area contributed by atoms with Crippen LogP contribution in [0.3, 0.4) is 0 Å². The number of imide groups is 1. The number of alkyl halides is 3. The molecular weight excluding hydrogens is 275 g/mol. The van der Waals surface area contributed by atoms with E-state index in [1.165, 1.54) is 12.1 Å². The predicted molar refractivity (Wildman–Crippen MR) is 66.2 cm³/mol. The number of halogens is 3. The number of ether oxygens (including phenoxy) is 1. The summed E-state index contributed by atoms with van der Waals surface area (Å²) in [6.45, 7) is 3.13. The zero-order chi connectivity index (χ0) is 15.3. The van der Waals surface area contributed by atoms with Crippen molar-refractivity contribution >= 4 is 17.5 Å². The summed E-state index contributed by atoms with van der Waals surface area (Å²) in [4.78, 5) is 24.4. The van der Waals surface area contributed by atoms with Crippen molar-refractivity contribution in [3.63, 3.8) is 0 Å². The summed E-state index contributed by atoms with van der Waals surface area (Å²) in [6, 6.07) is 4.77. The highest BCUT2D eigenvalue weighted by Gasteiger charge is 2.31. The second kappa shape index (κ2) is 6.40. The number of benzene rings is 1. The maximum atomic E-state index is 12.2. The summed E-state index contributed by atoms with van der Waals surface area (Å²) in [7, 11) is 0. The van der Waals surface area contributed by atoms with Crippen LogP contribution in [0.5, 0.6) is 5.75 Å². The van der Waals surface area contributed by atoms with Crippen molar-refractivity contribution < 1.29 is 27.5 Å². The van der Waals surface area contributed by atoms with E-state index in [-0.39, 0.29) is 18.5 Å². The lowest BCUT2D eigenvalue weighted by Gasteiger charge is -2.20. The average molecular weight is 289 g/mol. The lowest BCUT2D eigenvalue weighted by atomic mass is 10.2. The van der Waals surface area contributed by atoms with Gasteiger partial charge >= 0.3 is 6.36 Å². The molecule has 2 amide bonds. The Balaban J connectivity index is 3.12. The first kappa shape index (κ1) is 16.0. The number of rotatable bonds is 4. The maximum Gasteiger partial charge on any atom is 0.573 e. The van der Waals surface area contributed by atoms with Crippen LogP contribution in [0.2, 0.25) is 0 Å². The minimum atomic E-state index is -4.83. The minimum Gasteiger partial charge on any atom is -0.406 e. The van der Waals surface area contributed by atoms with E-state index in [1.54, 1.807) is 13.8 Å². The van der Waals surface area contributed by atoms with Crippen LogP contribution in [0.4, 0.5) is 18.9 Å². The quantitative estimate of drug-likeness (QED) is 0.854. The van der Waals surface area contributed by atoms with E-state index in [4.69, 9.17) is 0 Å². The molecule has 20 heavy (non-hydrogen) atoms. The molecule has 0 fully saturated rings. The average Bonchev–Trinajstić information content (AvgIpc) is 2.37. The Labute approximate surface area is 114 Å². The number of nitrogens with zero attached hydrogens (tertiary/aromatic N) is 1. The van der Waals surface area contributed by atoms with Crippen LogP contribution >= 0.6 is 0 Å². The second-order valence-corrected chi connectivity index (χ2v) is 3.88. The Morgan fingerprint density at radius 3 is 2.15 bits per heavy atom. The van der Waals surface area contributed by atoms with Crippen LogP contribution in [0.15, 0.2) is 24.3 Å². The van der Waals surface area contributed by atoms with E-state index in [0.717, 1.165) is 17.0 Å². The summed E-state index contributed by atoms with van der Waals surface area (Å²) >= 11 is 0. The molecule has 110 valence electrons. The van der Waals surface area contributed by atoms with Crippen molar-refractivity contribution in [2.45, 2.75) is 33.1 Å². The zero-order valence-corrected chi connectivity index (χ0v) is 11.0. The van der Waals surface area contributed by atoms with Gasteiger partial charge in [-0.2, -0.15) is 0 Å². The molecule has 0 aliphatic carbocycles. The first-order chi connectivity index (χ1) is 9.28. The Bertz CT molecular complexity index is 484. The molecule has 0 aliphatic heterocycles. The highest BCUT2D eigenvalue weighted by atomic mass is 19.4. The Morgan fingerprint density at radius 2 is 1.70 bits per heavy atom. The number of carbonyl (C=O) groups is 2. The third-order valence-electron chi connectivity index (χ3n) is 2.41. The smallest absolute Gasteiger partial charge is 0.406 e. The summed E-state index contributed by atoms with van der Waals surface area (Å²) < 4.78 is 40.2. The van der Waals surface area contributed by atoms with Gasteiger partial charge in [-0.1, -0.05) is 19.9 Å². The molecule has 0 radical (unpaired) electrons. The van der Waals surface area contributed by atoms with Gasteiger partial charge in [-0.15, -0.1) is 13.2 Å². The SMILES string of the molecule is CCC(=O)N(C(=O)CC)c1cccc(OC(F)(F)F)c1. The monoisotopic (exact) mass is 289 g/mol. The van der Waals surface area contributed by atoms with Gasteiger partial charge in [-0.3, -0.25) is 14.5 Å². The topological polar surface area (TPSA) is 46.6 Å². The van der Waals surface area contributed by atoms with Crippen LogP contribution in [0, 0.1) is 0 Å². The van der Waals surface area contributed by atoms with Gasteiger partial charge in [-0.05, 0) is 12.1 Å². The molecule has 0 unspecified atom stereocenters. The number of amides is 2. The molecule has 0 heterocycles. The molecule has 4 nitrogen and oxygen atoms in total. The Hall–Kier alpha value is -2.05. The Morgan fingerprint density at radius 1 is 1.15 bits per heavy atom. The molecule has 0 N–H and O–H groups in total. The molecule has 0 aliphatic rings. The molecule has 0 aromatic heterocycles.